The van der Waals surface area contributed by atoms with Crippen molar-refractivity contribution in [2.75, 3.05) is 11.9 Å². The van der Waals surface area contributed by atoms with Crippen LogP contribution in [0.4, 0.5) is 5.82 Å². The SMILES string of the molecule is CCC(C)Nc1cc(OCC(C)C)nc(CC(C)C)n1. The predicted molar refractivity (Wildman–Crippen MR) is 84.3 cm³/mol. The van der Waals surface area contributed by atoms with Gasteiger partial charge in [0.25, 0.3) is 0 Å². The second kappa shape index (κ2) is 8.08. The maximum absolute atomic E-state index is 5.75. The fourth-order valence-corrected chi connectivity index (χ4v) is 1.68. The average Bonchev–Trinajstić information content (AvgIpc) is 2.35. The summed E-state index contributed by atoms with van der Waals surface area (Å²) in [7, 11) is 0. The molecule has 4 heteroatoms. The van der Waals surface area contributed by atoms with E-state index in [0.717, 1.165) is 24.5 Å². The lowest BCUT2D eigenvalue weighted by Crippen LogP contribution is -2.16. The largest absolute Gasteiger partial charge is 0.477 e. The number of nitrogens with zero attached hydrogens (tertiary/aromatic N) is 2. The molecule has 1 N–H and O–H groups in total. The molecule has 114 valence electrons. The number of aromatic nitrogens is 2. The van der Waals surface area contributed by atoms with E-state index in [0.29, 0.717) is 30.4 Å². The van der Waals surface area contributed by atoms with Crippen molar-refractivity contribution in [3.8, 4) is 5.88 Å². The summed E-state index contributed by atoms with van der Waals surface area (Å²) in [5.74, 6) is 3.42. The van der Waals surface area contributed by atoms with Crippen LogP contribution in [-0.2, 0) is 6.42 Å². The van der Waals surface area contributed by atoms with Crippen molar-refractivity contribution in [1.29, 1.82) is 0 Å². The summed E-state index contributed by atoms with van der Waals surface area (Å²) in [6.07, 6.45) is 1.93. The summed E-state index contributed by atoms with van der Waals surface area (Å²) >= 11 is 0. The molecule has 0 radical (unpaired) electrons. The molecule has 0 aliphatic carbocycles. The first-order valence-electron chi connectivity index (χ1n) is 7.68. The van der Waals surface area contributed by atoms with Crippen LogP contribution in [0.25, 0.3) is 0 Å². The zero-order valence-electron chi connectivity index (χ0n) is 13.7. The van der Waals surface area contributed by atoms with Crippen LogP contribution in [0.5, 0.6) is 5.88 Å². The van der Waals surface area contributed by atoms with Gasteiger partial charge in [0.15, 0.2) is 0 Å². The Bertz CT molecular complexity index is 405. The number of anilines is 1. The lowest BCUT2D eigenvalue weighted by atomic mass is 10.1. The summed E-state index contributed by atoms with van der Waals surface area (Å²) in [6, 6.07) is 2.30. The van der Waals surface area contributed by atoms with Crippen molar-refractivity contribution < 1.29 is 4.74 Å². The minimum Gasteiger partial charge on any atom is -0.477 e. The minimum atomic E-state index is 0.398. The monoisotopic (exact) mass is 279 g/mol. The van der Waals surface area contributed by atoms with Gasteiger partial charge in [-0.25, -0.2) is 4.98 Å². The molecule has 0 amide bonds. The molecule has 0 aliphatic rings. The van der Waals surface area contributed by atoms with Gasteiger partial charge >= 0.3 is 0 Å². The number of hydrogen-bond donors (Lipinski definition) is 1. The van der Waals surface area contributed by atoms with E-state index < -0.39 is 0 Å². The molecule has 4 nitrogen and oxygen atoms in total. The molecular formula is C16H29N3O. The average molecular weight is 279 g/mol. The van der Waals surface area contributed by atoms with Crippen molar-refractivity contribution in [2.45, 2.75) is 60.4 Å². The normalized spacial score (nSPS) is 12.8. The molecule has 0 bridgehead atoms. The second-order valence-electron chi connectivity index (χ2n) is 6.26. The van der Waals surface area contributed by atoms with Gasteiger partial charge in [-0.3, -0.25) is 0 Å². The highest BCUT2D eigenvalue weighted by molar-refractivity contribution is 5.39. The van der Waals surface area contributed by atoms with Gasteiger partial charge in [0.1, 0.15) is 11.6 Å². The Hall–Kier alpha value is -1.32. The maximum atomic E-state index is 5.75. The molecular weight excluding hydrogens is 250 g/mol. The number of rotatable bonds is 8. The lowest BCUT2D eigenvalue weighted by molar-refractivity contribution is 0.260. The van der Waals surface area contributed by atoms with Crippen LogP contribution in [0.15, 0.2) is 6.07 Å². The second-order valence-corrected chi connectivity index (χ2v) is 6.26. The fourth-order valence-electron chi connectivity index (χ4n) is 1.68. The molecule has 1 aromatic heterocycles. The van der Waals surface area contributed by atoms with Gasteiger partial charge in [0.2, 0.25) is 5.88 Å². The van der Waals surface area contributed by atoms with E-state index in [4.69, 9.17) is 4.74 Å². The highest BCUT2D eigenvalue weighted by atomic mass is 16.5. The van der Waals surface area contributed by atoms with Crippen LogP contribution in [0.3, 0.4) is 0 Å². The zero-order valence-corrected chi connectivity index (χ0v) is 13.7. The van der Waals surface area contributed by atoms with E-state index in [-0.39, 0.29) is 0 Å². The highest BCUT2D eigenvalue weighted by Crippen LogP contribution is 2.17. The Kier molecular flexibility index (Phi) is 6.76. The molecule has 0 fully saturated rings. The third-order valence-electron chi connectivity index (χ3n) is 2.91. The van der Waals surface area contributed by atoms with Gasteiger partial charge < -0.3 is 10.1 Å². The first kappa shape index (κ1) is 16.7. The summed E-state index contributed by atoms with van der Waals surface area (Å²) < 4.78 is 5.75. The molecule has 1 aromatic rings. The quantitative estimate of drug-likeness (QED) is 0.783. The minimum absolute atomic E-state index is 0.398. The van der Waals surface area contributed by atoms with Crippen molar-refractivity contribution in [3.63, 3.8) is 0 Å². The predicted octanol–water partition coefficient (Wildman–Crippen LogP) is 3.92. The van der Waals surface area contributed by atoms with E-state index in [9.17, 15) is 0 Å². The Labute approximate surface area is 123 Å². The standard InChI is InChI=1S/C16H29N3O/c1-7-13(6)17-15-9-16(20-10-12(4)5)19-14(18-15)8-11(2)3/h9,11-13H,7-8,10H2,1-6H3,(H,17,18,19). The topological polar surface area (TPSA) is 47.0 Å². The number of nitrogens with one attached hydrogen (secondary N) is 1. The van der Waals surface area contributed by atoms with Gasteiger partial charge in [-0.2, -0.15) is 4.98 Å². The van der Waals surface area contributed by atoms with Crippen LogP contribution in [0, 0.1) is 11.8 Å². The Morgan fingerprint density at radius 1 is 1.10 bits per heavy atom. The molecule has 1 atom stereocenters. The Morgan fingerprint density at radius 2 is 1.80 bits per heavy atom. The van der Waals surface area contributed by atoms with E-state index in [1.165, 1.54) is 0 Å². The van der Waals surface area contributed by atoms with Crippen LogP contribution in [-0.4, -0.2) is 22.6 Å². The molecule has 0 aromatic carbocycles. The van der Waals surface area contributed by atoms with Gasteiger partial charge in [-0.1, -0.05) is 34.6 Å². The molecule has 0 spiro atoms. The zero-order chi connectivity index (χ0) is 15.1. The third kappa shape index (κ3) is 6.22. The molecule has 20 heavy (non-hydrogen) atoms. The molecule has 0 saturated carbocycles. The Morgan fingerprint density at radius 3 is 2.35 bits per heavy atom. The molecule has 1 unspecified atom stereocenters. The van der Waals surface area contributed by atoms with Gasteiger partial charge in [-0.15, -0.1) is 0 Å². The lowest BCUT2D eigenvalue weighted by Gasteiger charge is -2.15. The summed E-state index contributed by atoms with van der Waals surface area (Å²) in [5.41, 5.74) is 0. The fraction of sp³-hybridized carbons (Fsp3) is 0.750. The molecule has 0 saturated heterocycles. The van der Waals surface area contributed by atoms with Gasteiger partial charge in [0, 0.05) is 18.5 Å². The maximum Gasteiger partial charge on any atom is 0.218 e. The number of ether oxygens (including phenoxy) is 1. The van der Waals surface area contributed by atoms with E-state index in [1.54, 1.807) is 0 Å². The van der Waals surface area contributed by atoms with Crippen LogP contribution < -0.4 is 10.1 Å². The smallest absolute Gasteiger partial charge is 0.218 e. The van der Waals surface area contributed by atoms with Crippen molar-refractivity contribution in [1.82, 2.24) is 9.97 Å². The summed E-state index contributed by atoms with van der Waals surface area (Å²) in [5, 5.41) is 3.40. The van der Waals surface area contributed by atoms with Gasteiger partial charge in [0.05, 0.1) is 6.61 Å². The van der Waals surface area contributed by atoms with Crippen molar-refractivity contribution in [3.05, 3.63) is 11.9 Å². The molecule has 1 rings (SSSR count). The van der Waals surface area contributed by atoms with E-state index >= 15 is 0 Å². The summed E-state index contributed by atoms with van der Waals surface area (Å²) in [6.45, 7) is 13.6. The van der Waals surface area contributed by atoms with Crippen molar-refractivity contribution >= 4 is 5.82 Å². The highest BCUT2D eigenvalue weighted by Gasteiger charge is 2.09. The first-order chi connectivity index (χ1) is 9.40. The molecule has 0 aliphatic heterocycles. The molecule has 1 heterocycles. The van der Waals surface area contributed by atoms with Gasteiger partial charge in [-0.05, 0) is 25.2 Å². The summed E-state index contributed by atoms with van der Waals surface area (Å²) in [4.78, 5) is 9.09. The van der Waals surface area contributed by atoms with E-state index in [2.05, 4.69) is 56.8 Å². The van der Waals surface area contributed by atoms with Crippen LogP contribution >= 0.6 is 0 Å². The third-order valence-corrected chi connectivity index (χ3v) is 2.91. The first-order valence-corrected chi connectivity index (χ1v) is 7.68. The van der Waals surface area contributed by atoms with Crippen molar-refractivity contribution in [2.24, 2.45) is 11.8 Å². The van der Waals surface area contributed by atoms with Crippen LogP contribution in [0.1, 0.15) is 53.8 Å². The Balaban J connectivity index is 2.88. The van der Waals surface area contributed by atoms with Crippen LogP contribution in [0.2, 0.25) is 0 Å². The van der Waals surface area contributed by atoms with E-state index in [1.807, 2.05) is 6.07 Å². The number of hydrogen-bond acceptors (Lipinski definition) is 4.